The Kier molecular flexibility index (Phi) is 44.6. The fourth-order valence-electron chi connectivity index (χ4n) is 11.4. The summed E-state index contributed by atoms with van der Waals surface area (Å²) in [4.78, 5) is 123. The van der Waals surface area contributed by atoms with Crippen molar-refractivity contribution in [1.29, 1.82) is 0 Å². The zero-order chi connectivity index (χ0) is 80.0. The van der Waals surface area contributed by atoms with Crippen LogP contribution in [0.15, 0.2) is 0 Å². The number of nitrogens with zero attached hydrogens (tertiary/aromatic N) is 2. The molecule has 0 saturated carbocycles. The molecule has 0 spiro atoms. The number of nitrogens with one attached hydrogen (secondary N) is 8. The maximum absolute atomic E-state index is 14.0. The second kappa shape index (κ2) is 50.9. The predicted molar refractivity (Wildman–Crippen MR) is 361 cm³/mol. The van der Waals surface area contributed by atoms with Gasteiger partial charge in [0.05, 0.1) is 99.2 Å². The molecule has 45 nitrogen and oxygen atoms in total. The van der Waals surface area contributed by atoms with Crippen LogP contribution >= 0.6 is 0 Å². The van der Waals surface area contributed by atoms with E-state index in [1.54, 1.807) is 0 Å². The van der Waals surface area contributed by atoms with Crippen molar-refractivity contribution in [2.45, 2.75) is 199 Å². The van der Waals surface area contributed by atoms with Gasteiger partial charge in [-0.25, -0.2) is 0 Å². The van der Waals surface area contributed by atoms with Crippen molar-refractivity contribution in [3.8, 4) is 0 Å². The number of hydrogen-bond donors (Lipinski definition) is 25. The first kappa shape index (κ1) is 94.5. The van der Waals surface area contributed by atoms with Crippen molar-refractivity contribution in [2.24, 2.45) is 5.73 Å². The molecule has 22 atom stereocenters. The number of hydrogen-bond acceptors (Lipinski definition) is 37. The molecule has 0 radical (unpaired) electrons. The first-order chi connectivity index (χ1) is 51.5. The zero-order valence-electron chi connectivity index (χ0n) is 60.1. The minimum Gasteiger partial charge on any atom is -0.469 e. The highest BCUT2D eigenvalue weighted by Crippen LogP contribution is 2.26. The number of methoxy groups -OCH3 is 1. The van der Waals surface area contributed by atoms with Crippen LogP contribution < -0.4 is 48.3 Å². The first-order valence-corrected chi connectivity index (χ1v) is 35.6. The standard InChI is InChI=1S/C63H113N11O34/c1-100-45(85)11-3-2-7-13-69-59(99)34(72-44(84)28-74(25-41(81)67-17-21-103-62-56(96)52(92)48(88)37(31-77)107-62)26-42(82)68-18-22-104-63-57(97)53(93)49(89)38(32-78)108-63)10-5-8-14-70-58(98)33(9-4-6-12-64)71-43(83)27-73(23-39(79)65-15-19-101-60-54(94)50(90)46(86)35(29-75)105-60)24-40(80)66-16-20-102-61-55(95)51(91)47(87)36(30-76)106-61/h33-38,46-57,60-63,75-78,86-97H,2-32,64H2,1H3,(H,65,79)(H,66,80)(H,67,81)(H,68,82)(H,69,99)(H,70,98)(H,71,83)(H,72,84)/t33-,34-,35+,36+,37+,38+,46+,47+,48+,49+,50-,51-,52-,53-,54-,55-,56-,57-,60-,61-,62-,63-/m0/s1. The lowest BCUT2D eigenvalue weighted by molar-refractivity contribution is -0.300. The van der Waals surface area contributed by atoms with Gasteiger partial charge in [0.2, 0.25) is 47.3 Å². The van der Waals surface area contributed by atoms with Crippen molar-refractivity contribution in [1.82, 2.24) is 52.3 Å². The number of carbonyl (C=O) groups excluding carboxylic acids is 9. The molecule has 0 aliphatic carbocycles. The van der Waals surface area contributed by atoms with Crippen LogP contribution in [0.4, 0.5) is 0 Å². The van der Waals surface area contributed by atoms with Gasteiger partial charge >= 0.3 is 5.97 Å². The summed E-state index contributed by atoms with van der Waals surface area (Å²) in [5.74, 6) is -6.58. The quantitative estimate of drug-likeness (QED) is 0.0199. The zero-order valence-corrected chi connectivity index (χ0v) is 60.1. The Morgan fingerprint density at radius 2 is 0.630 bits per heavy atom. The first-order valence-electron chi connectivity index (χ1n) is 35.6. The van der Waals surface area contributed by atoms with E-state index in [1.807, 2.05) is 0 Å². The summed E-state index contributed by atoms with van der Waals surface area (Å²) < 4.78 is 47.7. The van der Waals surface area contributed by atoms with E-state index in [9.17, 15) is 125 Å². The van der Waals surface area contributed by atoms with Gasteiger partial charge in [-0.15, -0.1) is 0 Å². The number of ether oxygens (including phenoxy) is 9. The fraction of sp³-hybridized carbons (Fsp3) is 0.857. The van der Waals surface area contributed by atoms with Gasteiger partial charge in [0.15, 0.2) is 25.2 Å². The Morgan fingerprint density at radius 3 is 0.907 bits per heavy atom. The summed E-state index contributed by atoms with van der Waals surface area (Å²) in [7, 11) is 1.24. The predicted octanol–water partition coefficient (Wildman–Crippen LogP) is -15.4. The molecule has 26 N–H and O–H groups in total. The molecule has 4 aliphatic heterocycles. The highest BCUT2D eigenvalue weighted by Gasteiger charge is 2.48. The number of aliphatic hydroxyl groups excluding tert-OH is 16. The smallest absolute Gasteiger partial charge is 0.305 e. The topological polar surface area (TPSA) is 689 Å². The summed E-state index contributed by atoms with van der Waals surface area (Å²) in [5, 5.41) is 181. The maximum Gasteiger partial charge on any atom is 0.305 e. The van der Waals surface area contributed by atoms with Crippen molar-refractivity contribution in [2.75, 3.05) is 145 Å². The van der Waals surface area contributed by atoms with Crippen LogP contribution in [0, 0.1) is 0 Å². The van der Waals surface area contributed by atoms with E-state index >= 15 is 0 Å². The third-order valence-corrected chi connectivity index (χ3v) is 17.5. The van der Waals surface area contributed by atoms with Crippen LogP contribution in [0.2, 0.25) is 0 Å². The van der Waals surface area contributed by atoms with Crippen molar-refractivity contribution in [3.63, 3.8) is 0 Å². The summed E-state index contributed by atoms with van der Waals surface area (Å²) >= 11 is 0. The highest BCUT2D eigenvalue weighted by atomic mass is 16.7. The van der Waals surface area contributed by atoms with Gasteiger partial charge in [0, 0.05) is 45.7 Å². The molecule has 4 rings (SSSR count). The summed E-state index contributed by atoms with van der Waals surface area (Å²) in [6, 6.07) is -2.50. The molecule has 45 heteroatoms. The SMILES string of the molecule is COC(=O)CCCCCNC(=O)[C@H](CCCCNC(=O)[C@H](CCCCN)NC(=O)CN(CC(=O)NCCO[C@H]1O[C@H](CO)[C@@H](O)[C@H](O)[C@@H]1O)CC(=O)NCCO[C@H]1O[C@H](CO)[C@@H](O)[C@H](O)[C@@H]1O)NC(=O)CN(CC(=O)NCCO[C@H]1O[C@H](CO)[C@@H](O)[C@H](O)[C@@H]1O)CC(=O)NCCO[C@H]1O[C@H](CO)[C@@H](O)[C@H](O)[C@@H]1O. The molecule has 0 aromatic rings. The molecule has 4 aliphatic rings. The second-order valence-corrected chi connectivity index (χ2v) is 26.0. The monoisotopic (exact) mass is 1570 g/mol. The van der Waals surface area contributed by atoms with Crippen LogP contribution in [0.3, 0.4) is 0 Å². The van der Waals surface area contributed by atoms with E-state index in [4.69, 9.17) is 43.6 Å². The van der Waals surface area contributed by atoms with Gasteiger partial charge in [0.25, 0.3) is 0 Å². The van der Waals surface area contributed by atoms with E-state index in [0.717, 1.165) is 9.80 Å². The van der Waals surface area contributed by atoms with Crippen LogP contribution in [-0.4, -0.2) is 425 Å². The van der Waals surface area contributed by atoms with Crippen LogP contribution in [0.5, 0.6) is 0 Å². The Labute approximate surface area is 621 Å². The molecular formula is C63H113N11O34. The van der Waals surface area contributed by atoms with Crippen LogP contribution in [-0.2, 0) is 85.8 Å². The number of amides is 8. The van der Waals surface area contributed by atoms with E-state index in [0.29, 0.717) is 32.1 Å². The van der Waals surface area contributed by atoms with E-state index in [-0.39, 0.29) is 104 Å². The average molecular weight is 1570 g/mol. The summed E-state index contributed by atoms with van der Waals surface area (Å²) in [5.41, 5.74) is 5.75. The molecular weight excluding hydrogens is 1450 g/mol. The van der Waals surface area contributed by atoms with E-state index < -0.39 is 254 Å². The molecule has 108 heavy (non-hydrogen) atoms. The van der Waals surface area contributed by atoms with Gasteiger partial charge in [-0.05, 0) is 57.9 Å². The molecule has 0 unspecified atom stereocenters. The number of unbranched alkanes of at least 4 members (excludes halogenated alkanes) is 4. The largest absolute Gasteiger partial charge is 0.469 e. The molecule has 8 amide bonds. The minimum absolute atomic E-state index is 0.0514. The van der Waals surface area contributed by atoms with E-state index in [1.165, 1.54) is 7.11 Å². The molecule has 0 aromatic carbocycles. The number of esters is 1. The maximum atomic E-state index is 14.0. The summed E-state index contributed by atoms with van der Waals surface area (Å²) in [6.45, 7) is -9.14. The third kappa shape index (κ3) is 32.5. The Hall–Kier alpha value is -5.85. The van der Waals surface area contributed by atoms with Gasteiger partial charge < -0.3 is 173 Å². The molecule has 0 aromatic heterocycles. The summed E-state index contributed by atoms with van der Waals surface area (Å²) in [6.07, 6.45) is -29.4. The highest BCUT2D eigenvalue weighted by molar-refractivity contribution is 5.90. The lowest BCUT2D eigenvalue weighted by Crippen LogP contribution is -2.59. The van der Waals surface area contributed by atoms with Gasteiger partial charge in [-0.1, -0.05) is 6.42 Å². The number of rotatable bonds is 51. The molecule has 624 valence electrons. The lowest BCUT2D eigenvalue weighted by atomic mass is 9.99. The third-order valence-electron chi connectivity index (χ3n) is 17.5. The van der Waals surface area contributed by atoms with Crippen molar-refractivity contribution in [3.05, 3.63) is 0 Å². The number of aliphatic hydroxyl groups is 16. The number of nitrogens with two attached hydrogens (primary N) is 1. The van der Waals surface area contributed by atoms with Crippen LogP contribution in [0.25, 0.3) is 0 Å². The molecule has 0 bridgehead atoms. The average Bonchev–Trinajstić information content (AvgIpc) is 0.826. The fourth-order valence-corrected chi connectivity index (χ4v) is 11.4. The van der Waals surface area contributed by atoms with Gasteiger partial charge in [-0.3, -0.25) is 53.0 Å². The van der Waals surface area contributed by atoms with Gasteiger partial charge in [0.1, 0.15) is 110 Å². The Balaban J connectivity index is 1.43. The van der Waals surface area contributed by atoms with E-state index in [2.05, 4.69) is 47.3 Å². The van der Waals surface area contributed by atoms with Crippen LogP contribution in [0.1, 0.15) is 64.2 Å². The van der Waals surface area contributed by atoms with Crippen molar-refractivity contribution < 1.29 is 167 Å². The second-order valence-electron chi connectivity index (χ2n) is 26.0. The Morgan fingerprint density at radius 1 is 0.352 bits per heavy atom. The van der Waals surface area contributed by atoms with Gasteiger partial charge in [-0.2, -0.15) is 0 Å². The lowest BCUT2D eigenvalue weighted by Gasteiger charge is -2.39. The Bertz CT molecular complexity index is 2570. The van der Waals surface area contributed by atoms with Crippen molar-refractivity contribution >= 4 is 53.2 Å². The molecule has 4 saturated heterocycles. The molecule has 4 heterocycles. The minimum atomic E-state index is -1.75. The number of carbonyl (C=O) groups is 9. The normalized spacial score (nSPS) is 29.1. The molecule has 4 fully saturated rings.